The molecule has 1 aromatic carbocycles. The van der Waals surface area contributed by atoms with E-state index in [9.17, 15) is 4.79 Å². The second-order valence-corrected chi connectivity index (χ2v) is 5.14. The van der Waals surface area contributed by atoms with E-state index in [1.807, 2.05) is 0 Å². The van der Waals surface area contributed by atoms with Crippen molar-refractivity contribution >= 4 is 16.9 Å². The minimum atomic E-state index is -0.958. The number of aromatic carboxylic acids is 1. The number of aromatic nitrogens is 1. The van der Waals surface area contributed by atoms with E-state index in [1.54, 1.807) is 31.4 Å². The van der Waals surface area contributed by atoms with Gasteiger partial charge in [-0.2, -0.15) is 0 Å². The lowest BCUT2D eigenvalue weighted by Gasteiger charge is -1.97. The highest BCUT2D eigenvalue weighted by Gasteiger charge is 2.42. The maximum absolute atomic E-state index is 10.7. The van der Waals surface area contributed by atoms with Crippen LogP contribution in [0.3, 0.4) is 0 Å². The quantitative estimate of drug-likeness (QED) is 0.884. The number of carboxylic acid groups (broad SMARTS) is 1. The van der Waals surface area contributed by atoms with Crippen LogP contribution in [0.4, 0.5) is 0 Å². The predicted molar refractivity (Wildman–Crippen MR) is 74.3 cm³/mol. The number of hydrogen-bond acceptors (Lipinski definition) is 3. The Hall–Kier alpha value is -2.01. The zero-order valence-corrected chi connectivity index (χ0v) is 11.3. The van der Waals surface area contributed by atoms with Gasteiger partial charge in [0.15, 0.2) is 0 Å². The Morgan fingerprint density at radius 2 is 2.30 bits per heavy atom. The monoisotopic (exact) mass is 275 g/mol. The minimum absolute atomic E-state index is 0.188. The van der Waals surface area contributed by atoms with Gasteiger partial charge in [0.25, 0.3) is 0 Å². The van der Waals surface area contributed by atoms with Crippen molar-refractivity contribution in [2.45, 2.75) is 18.9 Å². The molecule has 5 heteroatoms. The van der Waals surface area contributed by atoms with Crippen LogP contribution in [-0.4, -0.2) is 35.9 Å². The topological polar surface area (TPSA) is 71.5 Å². The lowest BCUT2D eigenvalue weighted by atomic mass is 10.2. The summed E-state index contributed by atoms with van der Waals surface area (Å²) in [7, 11) is 1.58. The molecular formula is C15H17NO4. The molecule has 5 nitrogen and oxygen atoms in total. The molecule has 1 saturated carbocycles. The van der Waals surface area contributed by atoms with Gasteiger partial charge >= 0.3 is 5.97 Å². The number of ether oxygens (including phenoxy) is 2. The van der Waals surface area contributed by atoms with Crippen molar-refractivity contribution in [1.29, 1.82) is 0 Å². The first kappa shape index (κ1) is 13.0. The van der Waals surface area contributed by atoms with Gasteiger partial charge in [0.1, 0.15) is 11.4 Å². The summed E-state index contributed by atoms with van der Waals surface area (Å²) in [5.41, 5.74) is 0.983. The van der Waals surface area contributed by atoms with Crippen LogP contribution in [0.2, 0.25) is 0 Å². The summed E-state index contributed by atoms with van der Waals surface area (Å²) in [4.78, 5) is 13.5. The van der Waals surface area contributed by atoms with Crippen LogP contribution < -0.4 is 4.74 Å². The molecule has 1 saturated heterocycles. The number of carboxylic acids is 1. The second-order valence-electron chi connectivity index (χ2n) is 5.14. The summed E-state index contributed by atoms with van der Waals surface area (Å²) < 4.78 is 10.3. The van der Waals surface area contributed by atoms with Crippen LogP contribution in [0, 0.1) is 5.92 Å². The molecule has 2 unspecified atom stereocenters. The van der Waals surface area contributed by atoms with E-state index in [-0.39, 0.29) is 5.69 Å². The molecule has 4 rings (SSSR count). The van der Waals surface area contributed by atoms with Crippen LogP contribution in [0.5, 0.6) is 5.75 Å². The maximum atomic E-state index is 10.7. The number of carbonyl (C=O) groups is 1. The first-order chi connectivity index (χ1) is 9.67. The third-order valence-corrected chi connectivity index (χ3v) is 3.74. The van der Waals surface area contributed by atoms with Gasteiger partial charge in [-0.3, -0.25) is 0 Å². The van der Waals surface area contributed by atoms with Gasteiger partial charge < -0.3 is 19.6 Å². The third-order valence-electron chi connectivity index (χ3n) is 3.74. The van der Waals surface area contributed by atoms with Gasteiger partial charge in [-0.05, 0) is 43.0 Å². The minimum Gasteiger partial charge on any atom is -0.497 e. The van der Waals surface area contributed by atoms with E-state index >= 15 is 0 Å². The van der Waals surface area contributed by atoms with Gasteiger partial charge in [-0.25, -0.2) is 4.79 Å². The zero-order chi connectivity index (χ0) is 14.1. The highest BCUT2D eigenvalue weighted by Crippen LogP contribution is 2.41. The molecule has 0 spiro atoms. The highest BCUT2D eigenvalue weighted by molar-refractivity contribution is 5.94. The Labute approximate surface area is 116 Å². The summed E-state index contributed by atoms with van der Waals surface area (Å²) in [6, 6.07) is 6.95. The molecule has 2 aliphatic rings. The summed E-state index contributed by atoms with van der Waals surface area (Å²) >= 11 is 0. The molecule has 2 aromatic rings. The van der Waals surface area contributed by atoms with Crippen LogP contribution >= 0.6 is 0 Å². The lowest BCUT2D eigenvalue weighted by molar-refractivity contribution is 0.0691. The highest BCUT2D eigenvalue weighted by atomic mass is 16.5. The Balaban J connectivity index is 0.000000165. The van der Waals surface area contributed by atoms with Crippen molar-refractivity contribution < 1.29 is 19.4 Å². The fraction of sp³-hybridized carbons (Fsp3) is 0.400. The van der Waals surface area contributed by atoms with E-state index in [0.29, 0.717) is 11.9 Å². The average Bonchev–Trinajstić information content (AvgIpc) is 2.90. The molecule has 0 radical (unpaired) electrons. The summed E-state index contributed by atoms with van der Waals surface area (Å²) in [6.07, 6.45) is 3.41. The first-order valence-electron chi connectivity index (χ1n) is 6.69. The van der Waals surface area contributed by atoms with Crippen LogP contribution in [-0.2, 0) is 4.74 Å². The molecule has 0 amide bonds. The summed E-state index contributed by atoms with van der Waals surface area (Å²) in [5.74, 6) is 0.749. The molecule has 2 heterocycles. The second kappa shape index (κ2) is 5.17. The van der Waals surface area contributed by atoms with Gasteiger partial charge in [-0.15, -0.1) is 0 Å². The van der Waals surface area contributed by atoms with Crippen molar-refractivity contribution in [3.63, 3.8) is 0 Å². The largest absolute Gasteiger partial charge is 0.497 e. The Kier molecular flexibility index (Phi) is 3.36. The molecule has 0 bridgehead atoms. The standard InChI is InChI=1S/C10H9NO3.C5H8O/c1-14-7-2-3-8-6(4-7)5-9(11-8)10(12)13;1-2-6-5-3-4(1)5/h2-5,11H,1H3,(H,12,13);4-5H,1-3H2. The molecule has 1 aliphatic heterocycles. The van der Waals surface area contributed by atoms with E-state index in [4.69, 9.17) is 14.6 Å². The first-order valence-corrected chi connectivity index (χ1v) is 6.69. The Morgan fingerprint density at radius 1 is 1.45 bits per heavy atom. The molecule has 106 valence electrons. The van der Waals surface area contributed by atoms with E-state index in [0.717, 1.165) is 23.4 Å². The fourth-order valence-corrected chi connectivity index (χ4v) is 2.45. The summed E-state index contributed by atoms with van der Waals surface area (Å²) in [5, 5.41) is 9.58. The Morgan fingerprint density at radius 3 is 2.80 bits per heavy atom. The molecule has 2 N–H and O–H groups in total. The van der Waals surface area contributed by atoms with E-state index in [1.165, 1.54) is 12.8 Å². The number of fused-ring (bicyclic) bond motifs is 2. The number of benzene rings is 1. The van der Waals surface area contributed by atoms with Crippen LogP contribution in [0.15, 0.2) is 24.3 Å². The molecule has 2 atom stereocenters. The van der Waals surface area contributed by atoms with E-state index in [2.05, 4.69) is 4.98 Å². The third kappa shape index (κ3) is 2.63. The van der Waals surface area contributed by atoms with Crippen LogP contribution in [0.25, 0.3) is 10.9 Å². The maximum Gasteiger partial charge on any atom is 0.352 e. The Bertz CT molecular complexity index is 626. The SMILES string of the molecule is C1CC2CC2O1.COc1ccc2[nH]c(C(=O)O)cc2c1. The summed E-state index contributed by atoms with van der Waals surface area (Å²) in [6.45, 7) is 1.04. The number of methoxy groups -OCH3 is 1. The fourth-order valence-electron chi connectivity index (χ4n) is 2.45. The molecule has 20 heavy (non-hydrogen) atoms. The smallest absolute Gasteiger partial charge is 0.352 e. The molecule has 1 aromatic heterocycles. The zero-order valence-electron chi connectivity index (χ0n) is 11.3. The number of nitrogens with one attached hydrogen (secondary N) is 1. The number of hydrogen-bond donors (Lipinski definition) is 2. The number of H-pyrrole nitrogens is 1. The van der Waals surface area contributed by atoms with Gasteiger partial charge in [0.05, 0.1) is 13.2 Å². The van der Waals surface area contributed by atoms with Gasteiger partial charge in [0.2, 0.25) is 0 Å². The predicted octanol–water partition coefficient (Wildman–Crippen LogP) is 2.67. The molecular weight excluding hydrogens is 258 g/mol. The van der Waals surface area contributed by atoms with Crippen molar-refractivity contribution in [2.24, 2.45) is 5.92 Å². The average molecular weight is 275 g/mol. The number of aromatic amines is 1. The van der Waals surface area contributed by atoms with Crippen molar-refractivity contribution in [1.82, 2.24) is 4.98 Å². The molecule has 2 fully saturated rings. The normalized spacial score (nSPS) is 22.9. The van der Waals surface area contributed by atoms with Gasteiger partial charge in [-0.1, -0.05) is 0 Å². The van der Waals surface area contributed by atoms with Crippen LogP contribution in [0.1, 0.15) is 23.3 Å². The van der Waals surface area contributed by atoms with Gasteiger partial charge in [0, 0.05) is 17.5 Å². The lowest BCUT2D eigenvalue weighted by Crippen LogP contribution is -1.94. The van der Waals surface area contributed by atoms with Crippen molar-refractivity contribution in [3.05, 3.63) is 30.0 Å². The van der Waals surface area contributed by atoms with Crippen molar-refractivity contribution in [3.8, 4) is 5.75 Å². The number of rotatable bonds is 2. The van der Waals surface area contributed by atoms with E-state index < -0.39 is 5.97 Å². The van der Waals surface area contributed by atoms with Crippen molar-refractivity contribution in [2.75, 3.05) is 13.7 Å². The molecule has 1 aliphatic carbocycles.